The fraction of sp³-hybridized carbons (Fsp3) is 0.333. The van der Waals surface area contributed by atoms with E-state index >= 15 is 0 Å². The topological polar surface area (TPSA) is 49.7 Å². The maximum Gasteiger partial charge on any atom is 0.153 e. The highest BCUT2D eigenvalue weighted by atomic mass is 16.3. The third-order valence-corrected chi connectivity index (χ3v) is 1.76. The molecule has 1 aromatic carbocycles. The second kappa shape index (κ2) is 3.34. The summed E-state index contributed by atoms with van der Waals surface area (Å²) in [5, 5.41) is 12.0. The molecule has 3 heteroatoms. The number of nitrogens with zero attached hydrogens (tertiary/aromatic N) is 1. The summed E-state index contributed by atoms with van der Waals surface area (Å²) in [5.74, 6) is 0.154. The molecule has 0 spiro atoms. The van der Waals surface area contributed by atoms with E-state index in [-0.39, 0.29) is 17.4 Å². The lowest BCUT2D eigenvalue weighted by Crippen LogP contribution is -1.87. The van der Waals surface area contributed by atoms with E-state index in [9.17, 15) is 10.0 Å². The predicted molar refractivity (Wildman–Crippen MR) is 47.7 cm³/mol. The van der Waals surface area contributed by atoms with E-state index in [1.165, 1.54) is 6.07 Å². The maximum atomic E-state index is 10.3. The summed E-state index contributed by atoms with van der Waals surface area (Å²) < 4.78 is 0. The highest BCUT2D eigenvalue weighted by molar-refractivity contribution is 5.57. The molecule has 0 aliphatic carbocycles. The van der Waals surface area contributed by atoms with Crippen LogP contribution in [0, 0.1) is 4.91 Å². The van der Waals surface area contributed by atoms with Crippen LogP contribution in [0.4, 0.5) is 5.69 Å². The highest BCUT2D eigenvalue weighted by Crippen LogP contribution is 2.34. The van der Waals surface area contributed by atoms with Gasteiger partial charge in [-0.3, -0.25) is 0 Å². The van der Waals surface area contributed by atoms with Gasteiger partial charge in [-0.05, 0) is 22.7 Å². The van der Waals surface area contributed by atoms with Gasteiger partial charge in [-0.15, -0.1) is 4.91 Å². The Labute approximate surface area is 71.0 Å². The Morgan fingerprint density at radius 3 is 2.50 bits per heavy atom. The first-order valence-electron chi connectivity index (χ1n) is 3.82. The molecular weight excluding hydrogens is 154 g/mol. The number of benzene rings is 1. The van der Waals surface area contributed by atoms with Gasteiger partial charge in [0.05, 0.1) is 0 Å². The number of nitroso groups, excluding NO2 is 1. The van der Waals surface area contributed by atoms with E-state index in [0.717, 1.165) is 5.56 Å². The number of hydrogen-bond acceptors (Lipinski definition) is 3. The Kier molecular flexibility index (Phi) is 2.43. The van der Waals surface area contributed by atoms with Gasteiger partial charge in [-0.25, -0.2) is 0 Å². The molecule has 0 aliphatic heterocycles. The molecule has 64 valence electrons. The molecule has 1 N–H and O–H groups in total. The first kappa shape index (κ1) is 8.71. The summed E-state index contributed by atoms with van der Waals surface area (Å²) in [6, 6.07) is 4.96. The van der Waals surface area contributed by atoms with Gasteiger partial charge in [-0.1, -0.05) is 26.0 Å². The zero-order valence-electron chi connectivity index (χ0n) is 7.11. The molecule has 0 saturated carbocycles. The second-order valence-corrected chi connectivity index (χ2v) is 2.96. The third-order valence-electron chi connectivity index (χ3n) is 1.76. The van der Waals surface area contributed by atoms with E-state index in [2.05, 4.69) is 5.18 Å². The average Bonchev–Trinajstić information content (AvgIpc) is 2.03. The predicted octanol–water partition coefficient (Wildman–Crippen LogP) is 2.91. The van der Waals surface area contributed by atoms with Crippen LogP contribution < -0.4 is 0 Å². The maximum absolute atomic E-state index is 10.3. The van der Waals surface area contributed by atoms with Crippen molar-refractivity contribution in [3.8, 4) is 5.75 Å². The largest absolute Gasteiger partial charge is 0.506 e. The standard InChI is InChI=1S/C9H11NO2/c1-6(2)7-4-3-5-8(11)9(7)10-12/h3-6,11H,1-2H3. The lowest BCUT2D eigenvalue weighted by atomic mass is 10.0. The molecule has 0 radical (unpaired) electrons. The molecule has 0 unspecified atom stereocenters. The molecule has 12 heavy (non-hydrogen) atoms. The zero-order valence-corrected chi connectivity index (χ0v) is 7.11. The van der Waals surface area contributed by atoms with Crippen LogP contribution in [0.1, 0.15) is 25.3 Å². The fourth-order valence-corrected chi connectivity index (χ4v) is 1.11. The molecule has 0 heterocycles. The SMILES string of the molecule is CC(C)c1cccc(O)c1N=O. The lowest BCUT2D eigenvalue weighted by molar-refractivity contribution is 0.475. The van der Waals surface area contributed by atoms with Crippen LogP contribution in [0.25, 0.3) is 0 Å². The first-order valence-corrected chi connectivity index (χ1v) is 3.82. The van der Waals surface area contributed by atoms with Gasteiger partial charge in [0, 0.05) is 0 Å². The zero-order chi connectivity index (χ0) is 9.14. The van der Waals surface area contributed by atoms with Crippen LogP contribution in [0.15, 0.2) is 23.4 Å². The molecule has 0 atom stereocenters. The summed E-state index contributed by atoms with van der Waals surface area (Å²) in [5.41, 5.74) is 0.942. The Bertz CT molecular complexity index is 295. The van der Waals surface area contributed by atoms with Gasteiger partial charge in [0.25, 0.3) is 0 Å². The van der Waals surface area contributed by atoms with Crippen LogP contribution in [0.5, 0.6) is 5.75 Å². The second-order valence-electron chi connectivity index (χ2n) is 2.96. The minimum absolute atomic E-state index is 0.0452. The Morgan fingerprint density at radius 2 is 2.08 bits per heavy atom. The minimum Gasteiger partial charge on any atom is -0.506 e. The van der Waals surface area contributed by atoms with E-state index in [1.807, 2.05) is 13.8 Å². The van der Waals surface area contributed by atoms with E-state index in [1.54, 1.807) is 12.1 Å². The Morgan fingerprint density at radius 1 is 1.42 bits per heavy atom. The minimum atomic E-state index is -0.0452. The molecule has 1 aromatic rings. The number of phenols is 1. The van der Waals surface area contributed by atoms with E-state index in [4.69, 9.17) is 0 Å². The normalized spacial score (nSPS) is 10.2. The average molecular weight is 165 g/mol. The summed E-state index contributed by atoms with van der Waals surface area (Å²) in [6.45, 7) is 3.90. The van der Waals surface area contributed by atoms with Crippen LogP contribution >= 0.6 is 0 Å². The molecular formula is C9H11NO2. The van der Waals surface area contributed by atoms with E-state index < -0.39 is 0 Å². The molecule has 0 bridgehead atoms. The summed E-state index contributed by atoms with van der Waals surface area (Å²) in [7, 11) is 0. The quantitative estimate of drug-likeness (QED) is 0.685. The van der Waals surface area contributed by atoms with Crippen LogP contribution in [-0.2, 0) is 0 Å². The van der Waals surface area contributed by atoms with Gasteiger partial charge in [0.2, 0.25) is 0 Å². The highest BCUT2D eigenvalue weighted by Gasteiger charge is 2.10. The monoisotopic (exact) mass is 165 g/mol. The molecule has 0 fully saturated rings. The Balaban J connectivity index is 3.27. The fourth-order valence-electron chi connectivity index (χ4n) is 1.11. The van der Waals surface area contributed by atoms with Gasteiger partial charge in [0.1, 0.15) is 5.75 Å². The van der Waals surface area contributed by atoms with Crippen molar-refractivity contribution < 1.29 is 5.11 Å². The molecule has 0 aliphatic rings. The molecule has 0 aromatic heterocycles. The van der Waals surface area contributed by atoms with Crippen molar-refractivity contribution in [2.24, 2.45) is 5.18 Å². The molecule has 0 amide bonds. The van der Waals surface area contributed by atoms with Gasteiger partial charge >= 0.3 is 0 Å². The molecule has 1 rings (SSSR count). The number of hydrogen-bond donors (Lipinski definition) is 1. The molecule has 3 nitrogen and oxygen atoms in total. The van der Waals surface area contributed by atoms with Crippen LogP contribution in [-0.4, -0.2) is 5.11 Å². The van der Waals surface area contributed by atoms with Crippen molar-refractivity contribution in [3.05, 3.63) is 28.7 Å². The van der Waals surface area contributed by atoms with Crippen molar-refractivity contribution >= 4 is 5.69 Å². The summed E-state index contributed by atoms with van der Waals surface area (Å²) in [4.78, 5) is 10.3. The van der Waals surface area contributed by atoms with Crippen molar-refractivity contribution in [2.75, 3.05) is 0 Å². The van der Waals surface area contributed by atoms with Crippen molar-refractivity contribution in [1.82, 2.24) is 0 Å². The first-order chi connectivity index (χ1) is 5.66. The number of rotatable bonds is 2. The van der Waals surface area contributed by atoms with Crippen LogP contribution in [0.3, 0.4) is 0 Å². The number of phenolic OH excluding ortho intramolecular Hbond substituents is 1. The summed E-state index contributed by atoms with van der Waals surface area (Å²) >= 11 is 0. The third kappa shape index (κ3) is 1.44. The Hall–Kier alpha value is -1.38. The van der Waals surface area contributed by atoms with Crippen molar-refractivity contribution in [1.29, 1.82) is 0 Å². The molecule has 0 saturated heterocycles. The smallest absolute Gasteiger partial charge is 0.153 e. The van der Waals surface area contributed by atoms with Crippen molar-refractivity contribution in [3.63, 3.8) is 0 Å². The van der Waals surface area contributed by atoms with Crippen LogP contribution in [0.2, 0.25) is 0 Å². The summed E-state index contributed by atoms with van der Waals surface area (Å²) in [6.07, 6.45) is 0. The van der Waals surface area contributed by atoms with E-state index in [0.29, 0.717) is 0 Å². The van der Waals surface area contributed by atoms with Gasteiger partial charge in [0.15, 0.2) is 5.69 Å². The number of aromatic hydroxyl groups is 1. The van der Waals surface area contributed by atoms with Gasteiger partial charge < -0.3 is 5.11 Å². The van der Waals surface area contributed by atoms with Crippen molar-refractivity contribution in [2.45, 2.75) is 19.8 Å². The lowest BCUT2D eigenvalue weighted by Gasteiger charge is -2.07. The van der Waals surface area contributed by atoms with Gasteiger partial charge in [-0.2, -0.15) is 0 Å².